The van der Waals surface area contributed by atoms with Crippen molar-refractivity contribution >= 4 is 5.91 Å². The maximum atomic E-state index is 13.4. The lowest BCUT2D eigenvalue weighted by molar-refractivity contribution is 0.1000. The lowest BCUT2D eigenvalue weighted by Gasteiger charge is -2.20. The number of halogens is 1. The molecular formula is C18H19FN2O. The van der Waals surface area contributed by atoms with E-state index in [-0.39, 0.29) is 11.9 Å². The molecule has 2 aromatic carbocycles. The van der Waals surface area contributed by atoms with Gasteiger partial charge in [0.05, 0.1) is 0 Å². The third kappa shape index (κ3) is 3.17. The Morgan fingerprint density at radius 3 is 2.91 bits per heavy atom. The quantitative estimate of drug-likeness (QED) is 0.915. The van der Waals surface area contributed by atoms with Gasteiger partial charge in [-0.05, 0) is 66.8 Å². The molecule has 3 nitrogen and oxygen atoms in total. The zero-order valence-corrected chi connectivity index (χ0v) is 12.3. The minimum atomic E-state index is -0.420. The molecule has 0 radical (unpaired) electrons. The number of rotatable bonds is 3. The van der Waals surface area contributed by atoms with E-state index in [9.17, 15) is 9.18 Å². The third-order valence-corrected chi connectivity index (χ3v) is 4.15. The Balaban J connectivity index is 1.95. The molecule has 0 saturated carbocycles. The standard InChI is InChI=1S/C18H19FN2O/c19-15-5-1-3-12(9-15)10-17-16-11-14(18(20)22)7-6-13(16)4-2-8-21-17/h1,3,5-7,9,11,17,21H,2,4,8,10H2,(H2,20,22). The highest BCUT2D eigenvalue weighted by Gasteiger charge is 2.20. The summed E-state index contributed by atoms with van der Waals surface area (Å²) in [6.07, 6.45) is 2.70. The number of benzene rings is 2. The first kappa shape index (κ1) is 14.7. The number of carbonyl (C=O) groups is 1. The van der Waals surface area contributed by atoms with Crippen LogP contribution in [0.5, 0.6) is 0 Å². The summed E-state index contributed by atoms with van der Waals surface area (Å²) in [5.74, 6) is -0.645. The van der Waals surface area contributed by atoms with E-state index in [2.05, 4.69) is 5.32 Å². The summed E-state index contributed by atoms with van der Waals surface area (Å²) in [4.78, 5) is 11.4. The van der Waals surface area contributed by atoms with Crippen LogP contribution in [0.25, 0.3) is 0 Å². The summed E-state index contributed by atoms with van der Waals surface area (Å²) < 4.78 is 13.4. The van der Waals surface area contributed by atoms with E-state index in [1.54, 1.807) is 18.2 Å². The Labute approximate surface area is 129 Å². The van der Waals surface area contributed by atoms with E-state index >= 15 is 0 Å². The van der Waals surface area contributed by atoms with Crippen LogP contribution in [-0.4, -0.2) is 12.5 Å². The predicted molar refractivity (Wildman–Crippen MR) is 84.1 cm³/mol. The van der Waals surface area contributed by atoms with Gasteiger partial charge in [-0.2, -0.15) is 0 Å². The van der Waals surface area contributed by atoms with Gasteiger partial charge in [0.25, 0.3) is 0 Å². The summed E-state index contributed by atoms with van der Waals surface area (Å²) in [5, 5.41) is 3.50. The fraction of sp³-hybridized carbons (Fsp3) is 0.278. The van der Waals surface area contributed by atoms with Gasteiger partial charge in [-0.15, -0.1) is 0 Å². The van der Waals surface area contributed by atoms with Crippen molar-refractivity contribution in [2.45, 2.75) is 25.3 Å². The van der Waals surface area contributed by atoms with Crippen molar-refractivity contribution in [1.29, 1.82) is 0 Å². The monoisotopic (exact) mass is 298 g/mol. The summed E-state index contributed by atoms with van der Waals surface area (Å²) >= 11 is 0. The van der Waals surface area contributed by atoms with Crippen LogP contribution >= 0.6 is 0 Å². The molecule has 4 heteroatoms. The minimum Gasteiger partial charge on any atom is -0.366 e. The van der Waals surface area contributed by atoms with Crippen LogP contribution in [0.15, 0.2) is 42.5 Å². The van der Waals surface area contributed by atoms with E-state index in [0.29, 0.717) is 12.0 Å². The van der Waals surface area contributed by atoms with E-state index in [1.165, 1.54) is 11.6 Å². The molecule has 1 aliphatic rings. The van der Waals surface area contributed by atoms with Crippen LogP contribution in [0, 0.1) is 5.82 Å². The first-order valence-electron chi connectivity index (χ1n) is 7.54. The first-order chi connectivity index (χ1) is 10.6. The summed E-state index contributed by atoms with van der Waals surface area (Å²) in [6, 6.07) is 12.4. The lowest BCUT2D eigenvalue weighted by Crippen LogP contribution is -2.23. The maximum Gasteiger partial charge on any atom is 0.248 e. The Hall–Kier alpha value is -2.20. The Kier molecular flexibility index (Phi) is 4.20. The zero-order valence-electron chi connectivity index (χ0n) is 12.3. The SMILES string of the molecule is NC(=O)c1ccc2c(c1)C(Cc1cccc(F)c1)NCCC2. The number of carbonyl (C=O) groups excluding carboxylic acids is 1. The second-order valence-electron chi connectivity index (χ2n) is 5.72. The van der Waals surface area contributed by atoms with E-state index in [4.69, 9.17) is 5.73 Å². The molecule has 0 spiro atoms. The molecule has 3 N–H and O–H groups in total. The van der Waals surface area contributed by atoms with Gasteiger partial charge < -0.3 is 11.1 Å². The number of primary amides is 1. The van der Waals surface area contributed by atoms with Gasteiger partial charge in [-0.3, -0.25) is 4.79 Å². The molecule has 0 bridgehead atoms. The fourth-order valence-electron chi connectivity index (χ4n) is 3.05. The van der Waals surface area contributed by atoms with Crippen LogP contribution < -0.4 is 11.1 Å². The average molecular weight is 298 g/mol. The average Bonchev–Trinajstić information content (AvgIpc) is 2.69. The van der Waals surface area contributed by atoms with Gasteiger partial charge in [0.15, 0.2) is 0 Å². The second kappa shape index (κ2) is 6.28. The number of nitrogens with one attached hydrogen (secondary N) is 1. The van der Waals surface area contributed by atoms with Gasteiger partial charge in [0, 0.05) is 11.6 Å². The molecule has 1 aliphatic heterocycles. The van der Waals surface area contributed by atoms with Crippen molar-refractivity contribution in [3.63, 3.8) is 0 Å². The molecule has 3 rings (SSSR count). The smallest absolute Gasteiger partial charge is 0.248 e. The molecular weight excluding hydrogens is 279 g/mol. The minimum absolute atomic E-state index is 0.0681. The van der Waals surface area contributed by atoms with Crippen LogP contribution in [0.1, 0.15) is 39.5 Å². The van der Waals surface area contributed by atoms with E-state index in [1.807, 2.05) is 18.2 Å². The topological polar surface area (TPSA) is 55.1 Å². The van der Waals surface area contributed by atoms with Gasteiger partial charge in [0.1, 0.15) is 5.82 Å². The summed E-state index contributed by atoms with van der Waals surface area (Å²) in [6.45, 7) is 0.903. The molecule has 1 atom stereocenters. The van der Waals surface area contributed by atoms with Gasteiger partial charge in [-0.1, -0.05) is 18.2 Å². The summed E-state index contributed by atoms with van der Waals surface area (Å²) in [5.41, 5.74) is 9.18. The highest BCUT2D eigenvalue weighted by Crippen LogP contribution is 2.27. The van der Waals surface area contributed by atoms with E-state index in [0.717, 1.165) is 30.5 Å². The van der Waals surface area contributed by atoms with Crippen molar-refractivity contribution in [2.24, 2.45) is 5.73 Å². The maximum absolute atomic E-state index is 13.4. The normalized spacial score (nSPS) is 17.6. The van der Waals surface area contributed by atoms with Gasteiger partial charge >= 0.3 is 0 Å². The number of amides is 1. The number of hydrogen-bond donors (Lipinski definition) is 2. The van der Waals surface area contributed by atoms with Crippen molar-refractivity contribution in [2.75, 3.05) is 6.54 Å². The van der Waals surface area contributed by atoms with Crippen LogP contribution in [0.3, 0.4) is 0 Å². The molecule has 0 saturated heterocycles. The molecule has 114 valence electrons. The highest BCUT2D eigenvalue weighted by atomic mass is 19.1. The molecule has 0 fully saturated rings. The molecule has 1 amide bonds. The van der Waals surface area contributed by atoms with Crippen molar-refractivity contribution in [3.8, 4) is 0 Å². The first-order valence-corrected chi connectivity index (χ1v) is 7.54. The lowest BCUT2D eigenvalue weighted by atomic mass is 9.92. The third-order valence-electron chi connectivity index (χ3n) is 4.15. The van der Waals surface area contributed by atoms with Crippen LogP contribution in [0.2, 0.25) is 0 Å². The Morgan fingerprint density at radius 2 is 2.14 bits per heavy atom. The van der Waals surface area contributed by atoms with Gasteiger partial charge in [0.2, 0.25) is 5.91 Å². The number of hydrogen-bond acceptors (Lipinski definition) is 2. The zero-order chi connectivity index (χ0) is 15.5. The number of fused-ring (bicyclic) bond motifs is 1. The highest BCUT2D eigenvalue weighted by molar-refractivity contribution is 5.93. The molecule has 0 aromatic heterocycles. The van der Waals surface area contributed by atoms with Crippen LogP contribution in [0.4, 0.5) is 4.39 Å². The number of nitrogens with two attached hydrogens (primary N) is 1. The van der Waals surface area contributed by atoms with Crippen molar-refractivity contribution < 1.29 is 9.18 Å². The van der Waals surface area contributed by atoms with Crippen LogP contribution in [-0.2, 0) is 12.8 Å². The number of aryl methyl sites for hydroxylation is 1. The van der Waals surface area contributed by atoms with Gasteiger partial charge in [-0.25, -0.2) is 4.39 Å². The molecule has 1 unspecified atom stereocenters. The van der Waals surface area contributed by atoms with E-state index < -0.39 is 5.91 Å². The fourth-order valence-corrected chi connectivity index (χ4v) is 3.05. The summed E-state index contributed by atoms with van der Waals surface area (Å²) in [7, 11) is 0. The molecule has 2 aromatic rings. The van der Waals surface area contributed by atoms with Crippen molar-refractivity contribution in [3.05, 3.63) is 70.5 Å². The van der Waals surface area contributed by atoms with Crippen molar-refractivity contribution in [1.82, 2.24) is 5.32 Å². The largest absolute Gasteiger partial charge is 0.366 e. The predicted octanol–water partition coefficient (Wildman–Crippen LogP) is 2.74. The molecule has 0 aliphatic carbocycles. The Bertz CT molecular complexity index is 699. The molecule has 1 heterocycles. The second-order valence-corrected chi connectivity index (χ2v) is 5.72. The molecule has 22 heavy (non-hydrogen) atoms. The Morgan fingerprint density at radius 1 is 1.27 bits per heavy atom.